The molecule has 0 amide bonds. The molecule has 0 rings (SSSR count). The third-order valence-corrected chi connectivity index (χ3v) is 3.99. The molecule has 2 N–H and O–H groups in total. The molecule has 0 aliphatic carbocycles. The second-order valence-electron chi connectivity index (χ2n) is 6.41. The average molecular weight is 394 g/mol. The van der Waals surface area contributed by atoms with Crippen LogP contribution in [-0.4, -0.2) is 22.8 Å². The minimum atomic E-state index is -0.653. The van der Waals surface area contributed by atoms with Crippen molar-refractivity contribution in [2.45, 2.75) is 117 Å². The summed E-state index contributed by atoms with van der Waals surface area (Å²) in [4.78, 5) is 10.3. The first-order chi connectivity index (χ1) is 11.2. The average Bonchev–Trinajstić information content (AvgIpc) is 2.51. The minimum absolute atomic E-state index is 0. The van der Waals surface area contributed by atoms with Crippen LogP contribution >= 0.6 is 0 Å². The number of aliphatic hydroxyl groups excluding tert-OH is 1. The smallest absolute Gasteiger partial charge is 0.303 e. The topological polar surface area (TPSA) is 57.5 Å². The van der Waals surface area contributed by atoms with Crippen molar-refractivity contribution in [3.63, 3.8) is 0 Å². The van der Waals surface area contributed by atoms with Gasteiger partial charge in [-0.15, -0.1) is 0 Å². The summed E-state index contributed by atoms with van der Waals surface area (Å²) in [6.07, 6.45) is 20.2. The molecule has 0 aromatic heterocycles. The molecule has 3 nitrogen and oxygen atoms in total. The van der Waals surface area contributed by atoms with E-state index in [1.807, 2.05) is 0 Å². The van der Waals surface area contributed by atoms with Crippen molar-refractivity contribution in [2.75, 3.05) is 6.61 Å². The molecule has 24 heavy (non-hydrogen) atoms. The molecule has 0 aliphatic heterocycles. The van der Waals surface area contributed by atoms with Gasteiger partial charge in [0.25, 0.3) is 0 Å². The zero-order valence-electron chi connectivity index (χ0n) is 16.1. The molecule has 0 saturated heterocycles. The van der Waals surface area contributed by atoms with Crippen LogP contribution in [0.25, 0.3) is 0 Å². The van der Waals surface area contributed by atoms with Crippen LogP contribution in [-0.2, 0) is 21.9 Å². The maximum atomic E-state index is 10.3. The summed E-state index contributed by atoms with van der Waals surface area (Å²) in [7, 11) is 0. The van der Waals surface area contributed by atoms with Crippen LogP contribution in [0.2, 0.25) is 0 Å². The number of aliphatic carboxylic acids is 1. The van der Waals surface area contributed by atoms with Crippen molar-refractivity contribution in [2.24, 2.45) is 0 Å². The third kappa shape index (κ3) is 33.5. The number of rotatable bonds is 16. The number of aliphatic hydroxyl groups is 1. The molecule has 0 aliphatic rings. The molecule has 1 radical (unpaired) electrons. The molecule has 0 saturated carbocycles. The Morgan fingerprint density at radius 1 is 0.625 bits per heavy atom. The Hall–Kier alpha value is -0.0505. The summed E-state index contributed by atoms with van der Waals surface area (Å²) in [6, 6.07) is 0. The minimum Gasteiger partial charge on any atom is -0.481 e. The van der Waals surface area contributed by atoms with Crippen LogP contribution < -0.4 is 0 Å². The first-order valence-corrected chi connectivity index (χ1v) is 10.0. The van der Waals surface area contributed by atoms with Crippen molar-refractivity contribution in [1.82, 2.24) is 0 Å². The van der Waals surface area contributed by atoms with Gasteiger partial charge in [-0.3, -0.25) is 4.79 Å². The van der Waals surface area contributed by atoms with Crippen LogP contribution in [0.3, 0.4) is 0 Å². The Morgan fingerprint density at radius 2 is 0.875 bits per heavy atom. The number of carboxylic acids is 1. The molecule has 0 bridgehead atoms. The normalized spacial score (nSPS) is 9.79. The molecule has 0 aromatic carbocycles. The Bertz CT molecular complexity index is 223. The number of unbranched alkanes of at least 4 members (excludes halogenated alkanes) is 14. The number of carboxylic acid groups (broad SMARTS) is 1. The van der Waals surface area contributed by atoms with E-state index in [1.165, 1.54) is 83.5 Å². The fourth-order valence-electron chi connectivity index (χ4n) is 2.65. The molecule has 0 aromatic rings. The third-order valence-electron chi connectivity index (χ3n) is 3.99. The van der Waals surface area contributed by atoms with Gasteiger partial charge in [-0.2, -0.15) is 0 Å². The molecule has 151 valence electrons. The predicted molar refractivity (Wildman–Crippen MR) is 99.9 cm³/mol. The van der Waals surface area contributed by atoms with Crippen LogP contribution in [0.5, 0.6) is 0 Å². The number of carbonyl (C=O) groups is 1. The van der Waals surface area contributed by atoms with Gasteiger partial charge in [0.15, 0.2) is 0 Å². The van der Waals surface area contributed by atoms with Crippen LogP contribution in [0, 0.1) is 0 Å². The summed E-state index contributed by atoms with van der Waals surface area (Å²) in [6.45, 7) is 4.20. The van der Waals surface area contributed by atoms with Crippen molar-refractivity contribution in [3.8, 4) is 0 Å². The standard InChI is InChI=1S/C18H36O2.C2H6O.Cu/c1-2-3-4-5-6-7-8-9-10-11-12-13-14-15-16-17-18(19)20;1-2-3;/h2-17H2,1H3,(H,19,20);3H,2H2,1H3;. The van der Waals surface area contributed by atoms with Crippen LogP contribution in [0.4, 0.5) is 0 Å². The summed E-state index contributed by atoms with van der Waals surface area (Å²) >= 11 is 0. The van der Waals surface area contributed by atoms with E-state index >= 15 is 0 Å². The van der Waals surface area contributed by atoms with Gasteiger partial charge in [-0.05, 0) is 13.3 Å². The van der Waals surface area contributed by atoms with E-state index in [9.17, 15) is 4.79 Å². The molecular weight excluding hydrogens is 352 g/mol. The van der Waals surface area contributed by atoms with E-state index in [-0.39, 0.29) is 23.7 Å². The van der Waals surface area contributed by atoms with Crippen LogP contribution in [0.1, 0.15) is 117 Å². The van der Waals surface area contributed by atoms with Gasteiger partial charge in [0.1, 0.15) is 0 Å². The molecule has 0 fully saturated rings. The summed E-state index contributed by atoms with van der Waals surface area (Å²) < 4.78 is 0. The zero-order valence-corrected chi connectivity index (χ0v) is 17.1. The second-order valence-corrected chi connectivity index (χ2v) is 6.41. The monoisotopic (exact) mass is 393 g/mol. The SMILES string of the molecule is CCCCCCCCCCCCCCCCCC(=O)O.CCO.[Cu]. The largest absolute Gasteiger partial charge is 0.481 e. The van der Waals surface area contributed by atoms with Crippen LogP contribution in [0.15, 0.2) is 0 Å². The number of hydrogen-bond acceptors (Lipinski definition) is 2. The van der Waals surface area contributed by atoms with Crippen molar-refractivity contribution in [1.29, 1.82) is 0 Å². The first kappa shape index (κ1) is 28.7. The summed E-state index contributed by atoms with van der Waals surface area (Å²) in [5.74, 6) is -0.653. The van der Waals surface area contributed by atoms with E-state index in [0.717, 1.165) is 12.8 Å². The molecule has 4 heteroatoms. The quantitative estimate of drug-likeness (QED) is 0.238. The number of hydrogen-bond donors (Lipinski definition) is 2. The van der Waals surface area contributed by atoms with Gasteiger partial charge in [-0.1, -0.05) is 96.8 Å². The summed E-state index contributed by atoms with van der Waals surface area (Å²) in [5.41, 5.74) is 0. The van der Waals surface area contributed by atoms with Gasteiger partial charge in [0, 0.05) is 30.1 Å². The molecule has 0 spiro atoms. The van der Waals surface area contributed by atoms with E-state index < -0.39 is 5.97 Å². The van der Waals surface area contributed by atoms with Crippen molar-refractivity contribution in [3.05, 3.63) is 0 Å². The Kier molecular flexibility index (Phi) is 33.3. The Labute approximate surface area is 161 Å². The van der Waals surface area contributed by atoms with E-state index in [1.54, 1.807) is 6.92 Å². The fraction of sp³-hybridized carbons (Fsp3) is 0.950. The summed E-state index contributed by atoms with van der Waals surface area (Å²) in [5, 5.41) is 16.1. The Morgan fingerprint density at radius 3 is 1.12 bits per heavy atom. The zero-order chi connectivity index (χ0) is 17.6. The van der Waals surface area contributed by atoms with Gasteiger partial charge < -0.3 is 10.2 Å². The molecule has 0 heterocycles. The maximum absolute atomic E-state index is 10.3. The molecule has 0 atom stereocenters. The van der Waals surface area contributed by atoms with E-state index in [0.29, 0.717) is 6.42 Å². The Balaban J connectivity index is -0.00000102. The molecule has 0 unspecified atom stereocenters. The van der Waals surface area contributed by atoms with E-state index in [4.69, 9.17) is 10.2 Å². The van der Waals surface area contributed by atoms with Gasteiger partial charge in [0.2, 0.25) is 0 Å². The van der Waals surface area contributed by atoms with Gasteiger partial charge in [0.05, 0.1) is 0 Å². The molecular formula is C20H42CuO3. The van der Waals surface area contributed by atoms with Gasteiger partial charge >= 0.3 is 5.97 Å². The van der Waals surface area contributed by atoms with E-state index in [2.05, 4.69) is 6.92 Å². The second kappa shape index (κ2) is 27.8. The van der Waals surface area contributed by atoms with Crippen molar-refractivity contribution >= 4 is 5.97 Å². The predicted octanol–water partition coefficient (Wildman–Crippen LogP) is 6.33. The van der Waals surface area contributed by atoms with Crippen molar-refractivity contribution < 1.29 is 32.1 Å². The first-order valence-electron chi connectivity index (χ1n) is 10.0. The fourth-order valence-corrected chi connectivity index (χ4v) is 2.65. The maximum Gasteiger partial charge on any atom is 0.303 e. The van der Waals surface area contributed by atoms with Gasteiger partial charge in [-0.25, -0.2) is 0 Å².